The number of rotatable bonds is 4. The zero-order valence-corrected chi connectivity index (χ0v) is 18.0. The van der Waals surface area contributed by atoms with E-state index >= 15 is 0 Å². The quantitative estimate of drug-likeness (QED) is 0.607. The van der Waals surface area contributed by atoms with Crippen molar-refractivity contribution < 1.29 is 31.1 Å². The summed E-state index contributed by atoms with van der Waals surface area (Å²) < 4.78 is 66.7. The van der Waals surface area contributed by atoms with Crippen LogP contribution in [-0.2, 0) is 29.2 Å². The number of sulfonamides is 1. The van der Waals surface area contributed by atoms with Gasteiger partial charge in [0.1, 0.15) is 11.5 Å². The van der Waals surface area contributed by atoms with Crippen molar-refractivity contribution in [1.82, 2.24) is 4.90 Å². The second-order valence-corrected chi connectivity index (χ2v) is 9.16. The molecule has 2 N–H and O–H groups in total. The van der Waals surface area contributed by atoms with Crippen LogP contribution in [0.3, 0.4) is 0 Å². The highest BCUT2D eigenvalue weighted by Crippen LogP contribution is 2.32. The first-order chi connectivity index (χ1) is 15.5. The highest BCUT2D eigenvalue weighted by molar-refractivity contribution is 7.89. The van der Waals surface area contributed by atoms with E-state index in [2.05, 4.69) is 0 Å². The van der Waals surface area contributed by atoms with Crippen molar-refractivity contribution in [3.8, 4) is 11.5 Å². The van der Waals surface area contributed by atoms with Crippen molar-refractivity contribution >= 4 is 15.9 Å². The molecule has 0 spiro atoms. The van der Waals surface area contributed by atoms with Gasteiger partial charge in [-0.1, -0.05) is 6.07 Å². The normalized spacial score (nSPS) is 14.0. The molecular formula is C23H19F3N2O4S. The third-order valence-corrected chi connectivity index (χ3v) is 6.25. The number of fused-ring (bicyclic) bond motifs is 1. The van der Waals surface area contributed by atoms with Crippen LogP contribution < -0.4 is 9.88 Å². The van der Waals surface area contributed by atoms with Crippen LogP contribution in [0.25, 0.3) is 0 Å². The maximum absolute atomic E-state index is 12.9. The van der Waals surface area contributed by atoms with E-state index in [-0.39, 0.29) is 16.6 Å². The van der Waals surface area contributed by atoms with E-state index < -0.39 is 21.8 Å². The smallest absolute Gasteiger partial charge is 0.416 e. The molecule has 1 aliphatic heterocycles. The molecule has 1 aliphatic rings. The number of hydrogen-bond acceptors (Lipinski definition) is 4. The van der Waals surface area contributed by atoms with E-state index in [1.54, 1.807) is 17.0 Å². The summed E-state index contributed by atoms with van der Waals surface area (Å²) in [5, 5.41) is 5.09. The van der Waals surface area contributed by atoms with Gasteiger partial charge >= 0.3 is 6.18 Å². The lowest BCUT2D eigenvalue weighted by molar-refractivity contribution is -0.137. The molecule has 172 valence electrons. The maximum Gasteiger partial charge on any atom is 0.416 e. The van der Waals surface area contributed by atoms with Gasteiger partial charge in [-0.25, -0.2) is 13.6 Å². The molecule has 3 aromatic carbocycles. The minimum atomic E-state index is -4.42. The monoisotopic (exact) mass is 476 g/mol. The molecule has 3 aromatic rings. The molecule has 0 bridgehead atoms. The van der Waals surface area contributed by atoms with Gasteiger partial charge in [0.15, 0.2) is 0 Å². The van der Waals surface area contributed by atoms with Crippen molar-refractivity contribution in [1.29, 1.82) is 0 Å². The van der Waals surface area contributed by atoms with Gasteiger partial charge in [0, 0.05) is 18.7 Å². The van der Waals surface area contributed by atoms with E-state index in [0.717, 1.165) is 23.3 Å². The van der Waals surface area contributed by atoms with Gasteiger partial charge in [-0.3, -0.25) is 4.79 Å². The van der Waals surface area contributed by atoms with Crippen molar-refractivity contribution in [3.05, 3.63) is 89.0 Å². The molecule has 0 saturated carbocycles. The Bertz CT molecular complexity index is 1290. The Morgan fingerprint density at radius 2 is 1.55 bits per heavy atom. The number of carbonyl (C=O) groups is 1. The Hall–Kier alpha value is -3.37. The first-order valence-corrected chi connectivity index (χ1v) is 11.4. The molecule has 0 unspecified atom stereocenters. The molecule has 0 fully saturated rings. The van der Waals surface area contributed by atoms with Crippen molar-refractivity contribution in [2.45, 2.75) is 24.0 Å². The number of nitrogens with zero attached hydrogens (tertiary/aromatic N) is 1. The van der Waals surface area contributed by atoms with E-state index in [9.17, 15) is 26.4 Å². The zero-order chi connectivity index (χ0) is 23.8. The lowest BCUT2D eigenvalue weighted by Crippen LogP contribution is -2.36. The van der Waals surface area contributed by atoms with Gasteiger partial charge in [-0.05, 0) is 78.2 Å². The molecule has 0 saturated heterocycles. The Morgan fingerprint density at radius 1 is 0.909 bits per heavy atom. The third-order valence-electron chi connectivity index (χ3n) is 5.32. The van der Waals surface area contributed by atoms with Crippen molar-refractivity contribution in [2.75, 3.05) is 6.54 Å². The summed E-state index contributed by atoms with van der Waals surface area (Å²) in [5.41, 5.74) is 1.48. The highest BCUT2D eigenvalue weighted by atomic mass is 32.2. The number of nitrogens with two attached hydrogens (primary N) is 1. The van der Waals surface area contributed by atoms with Gasteiger partial charge in [0.25, 0.3) is 5.91 Å². The van der Waals surface area contributed by atoms with E-state index in [1.807, 2.05) is 6.07 Å². The molecule has 0 radical (unpaired) electrons. The summed E-state index contributed by atoms with van der Waals surface area (Å²) in [5.74, 6) is 0.456. The highest BCUT2D eigenvalue weighted by Gasteiger charge is 2.30. The predicted molar refractivity (Wildman–Crippen MR) is 114 cm³/mol. The van der Waals surface area contributed by atoms with Gasteiger partial charge in [-0.2, -0.15) is 13.2 Å². The largest absolute Gasteiger partial charge is 0.457 e. The second-order valence-electron chi connectivity index (χ2n) is 7.60. The Kier molecular flexibility index (Phi) is 5.89. The van der Waals surface area contributed by atoms with Crippen LogP contribution in [0, 0.1) is 0 Å². The molecule has 1 heterocycles. The molecule has 4 rings (SSSR count). The topological polar surface area (TPSA) is 89.7 Å². The first-order valence-electron chi connectivity index (χ1n) is 9.90. The Morgan fingerprint density at radius 3 is 2.15 bits per heavy atom. The van der Waals surface area contributed by atoms with Crippen molar-refractivity contribution in [2.24, 2.45) is 5.14 Å². The fourth-order valence-corrected chi connectivity index (χ4v) is 4.10. The average molecular weight is 476 g/mol. The minimum Gasteiger partial charge on any atom is -0.457 e. The van der Waals surface area contributed by atoms with Gasteiger partial charge in [0.2, 0.25) is 10.0 Å². The van der Waals surface area contributed by atoms with E-state index in [1.165, 1.54) is 36.4 Å². The number of benzene rings is 3. The van der Waals surface area contributed by atoms with Crippen LogP contribution in [0.4, 0.5) is 13.2 Å². The van der Waals surface area contributed by atoms with Gasteiger partial charge in [-0.15, -0.1) is 0 Å². The summed E-state index contributed by atoms with van der Waals surface area (Å²) in [6, 6.07) is 15.2. The second kappa shape index (κ2) is 8.53. The number of carbonyl (C=O) groups excluding carboxylic acids is 1. The number of alkyl halides is 3. The molecular weight excluding hydrogens is 457 g/mol. The zero-order valence-electron chi connectivity index (χ0n) is 17.2. The molecule has 6 nitrogen and oxygen atoms in total. The number of primary sulfonamides is 1. The third kappa shape index (κ3) is 5.18. The van der Waals surface area contributed by atoms with Crippen LogP contribution in [-0.4, -0.2) is 25.8 Å². The number of halogens is 3. The molecule has 0 aliphatic carbocycles. The van der Waals surface area contributed by atoms with Crippen molar-refractivity contribution in [3.63, 3.8) is 0 Å². The van der Waals surface area contributed by atoms with Crippen LogP contribution in [0.5, 0.6) is 11.5 Å². The average Bonchev–Trinajstić information content (AvgIpc) is 2.77. The Balaban J connectivity index is 1.48. The van der Waals surface area contributed by atoms with Gasteiger partial charge in [0.05, 0.1) is 10.5 Å². The first kappa shape index (κ1) is 22.8. The molecule has 0 aromatic heterocycles. The van der Waals surface area contributed by atoms with Gasteiger partial charge < -0.3 is 9.64 Å². The lowest BCUT2D eigenvalue weighted by atomic mass is 9.99. The van der Waals surface area contributed by atoms with E-state index in [4.69, 9.17) is 9.88 Å². The van der Waals surface area contributed by atoms with Crippen LogP contribution in [0.2, 0.25) is 0 Å². The van der Waals surface area contributed by atoms with E-state index in [0.29, 0.717) is 30.8 Å². The molecule has 10 heteroatoms. The number of amides is 1. The standard InChI is InChI=1S/C23H19F3N2O4S/c24-23(25,26)18-4-7-19(8-5-18)32-20-6-1-15-11-12-28(14-17(15)13-20)22(29)16-2-9-21(10-3-16)33(27,30)31/h1-10,13H,11-12,14H2,(H2,27,30,31). The fraction of sp³-hybridized carbons (Fsp3) is 0.174. The molecule has 0 atom stereocenters. The SMILES string of the molecule is NS(=O)(=O)c1ccc(C(=O)N2CCc3ccc(Oc4ccc(C(F)(F)F)cc4)cc3C2)cc1. The predicted octanol–water partition coefficient (Wildman–Crippen LogP) is 4.34. The number of ether oxygens (including phenoxy) is 1. The summed E-state index contributed by atoms with van der Waals surface area (Å²) in [6.07, 6.45) is -3.80. The summed E-state index contributed by atoms with van der Waals surface area (Å²) in [4.78, 5) is 14.4. The molecule has 1 amide bonds. The summed E-state index contributed by atoms with van der Waals surface area (Å²) in [7, 11) is -3.85. The molecule has 33 heavy (non-hydrogen) atoms. The number of hydrogen-bond donors (Lipinski definition) is 1. The van der Waals surface area contributed by atoms with Crippen LogP contribution >= 0.6 is 0 Å². The fourth-order valence-electron chi connectivity index (χ4n) is 3.59. The summed E-state index contributed by atoms with van der Waals surface area (Å²) >= 11 is 0. The van der Waals surface area contributed by atoms with Crippen LogP contribution in [0.1, 0.15) is 27.0 Å². The van der Waals surface area contributed by atoms with Crippen LogP contribution in [0.15, 0.2) is 71.6 Å². The maximum atomic E-state index is 12.9. The lowest BCUT2D eigenvalue weighted by Gasteiger charge is -2.29. The summed E-state index contributed by atoms with van der Waals surface area (Å²) in [6.45, 7) is 0.803. The Labute approximate surface area is 188 Å². The minimum absolute atomic E-state index is 0.0758.